The van der Waals surface area contributed by atoms with Gasteiger partial charge in [-0.25, -0.2) is 4.79 Å². The average Bonchev–Trinajstić information content (AvgIpc) is 3.16. The van der Waals surface area contributed by atoms with E-state index in [-0.39, 0.29) is 36.3 Å². The maximum absolute atomic E-state index is 13.8. The van der Waals surface area contributed by atoms with E-state index in [9.17, 15) is 45.3 Å². The van der Waals surface area contributed by atoms with Crippen molar-refractivity contribution in [3.8, 4) is 5.75 Å². The number of hydrogen-bond acceptors (Lipinski definition) is 20. The third kappa shape index (κ3) is 8.57. The van der Waals surface area contributed by atoms with Crippen LogP contribution in [-0.4, -0.2) is 166 Å². The molecule has 0 bridgehead atoms. The van der Waals surface area contributed by atoms with Gasteiger partial charge in [-0.15, -0.1) is 0 Å². The monoisotopic (exact) mass is 797 g/mol. The molecule has 2 saturated heterocycles. The first kappa shape index (κ1) is 42.3. The first-order valence-electron chi connectivity index (χ1n) is 18.2. The van der Waals surface area contributed by atoms with Crippen molar-refractivity contribution in [2.75, 3.05) is 26.8 Å². The highest BCUT2D eigenvalue weighted by molar-refractivity contribution is 5.97. The molecule has 3 fully saturated rings. The van der Waals surface area contributed by atoms with Crippen LogP contribution in [-0.2, 0) is 23.7 Å². The molecule has 1 saturated carbocycles. The Hall–Kier alpha value is -3.36. The summed E-state index contributed by atoms with van der Waals surface area (Å²) in [6.07, 6.45) is -13.7. The van der Waals surface area contributed by atoms with E-state index in [1.165, 1.54) is 38.2 Å². The van der Waals surface area contributed by atoms with Gasteiger partial charge in [0.05, 0.1) is 37.9 Å². The molecule has 15 N–H and O–H groups in total. The zero-order valence-corrected chi connectivity index (χ0v) is 30.6. The van der Waals surface area contributed by atoms with Gasteiger partial charge in [-0.3, -0.25) is 4.79 Å². The normalized spacial score (nSPS) is 40.4. The molecule has 16 atom stereocenters. The van der Waals surface area contributed by atoms with Gasteiger partial charge in [-0.2, -0.15) is 0 Å². The van der Waals surface area contributed by atoms with E-state index in [2.05, 4.69) is 10.6 Å². The topological polar surface area (TPSA) is 346 Å². The molecule has 1 amide bonds. The summed E-state index contributed by atoms with van der Waals surface area (Å²) >= 11 is 0. The molecule has 21 heteroatoms. The number of ether oxygens (including phenoxy) is 6. The van der Waals surface area contributed by atoms with Crippen molar-refractivity contribution < 1.29 is 73.4 Å². The van der Waals surface area contributed by atoms with E-state index in [4.69, 9.17) is 50.0 Å². The maximum atomic E-state index is 13.8. The molecule has 0 spiro atoms. The standard InChI is InChI=1S/C35H51N5O16/c1-35(49)12-50-33(26(46)29(35)39-2)56-28-19(9-18(38)27(25(28)45)55-32-17(37)6-5-15(10-36)52-32)40-30(47)16-7-13-3-4-14(8-20(13)53-31(16)48)51-34-24(44)23(43)22(42)21(11-41)54-34/h3-5,7-8,17-19,21-29,32-34,39,41-46,49H,6,9-12,36-38H2,1-2H3,(H,40,47)/t17-,18+,19-,21-,22+,23+,24-,25+,26-,27-,28+,29-,32-,33-,34-,35+/m1/s1. The fraction of sp³-hybridized carbons (Fsp3) is 0.657. The third-order valence-corrected chi connectivity index (χ3v) is 10.5. The van der Waals surface area contributed by atoms with Crippen LogP contribution in [0.4, 0.5) is 0 Å². The van der Waals surface area contributed by atoms with Crippen LogP contribution in [0.25, 0.3) is 11.0 Å². The highest BCUT2D eigenvalue weighted by atomic mass is 16.7. The van der Waals surface area contributed by atoms with Gasteiger partial charge in [0.15, 0.2) is 6.29 Å². The largest absolute Gasteiger partial charge is 0.467 e. The lowest BCUT2D eigenvalue weighted by atomic mass is 9.83. The molecule has 312 valence electrons. The summed E-state index contributed by atoms with van der Waals surface area (Å²) in [6.45, 7) is 0.629. The Labute approximate surface area is 319 Å². The van der Waals surface area contributed by atoms with Gasteiger partial charge in [0, 0.05) is 17.5 Å². The molecule has 0 unspecified atom stereocenters. The number of aliphatic hydroxyl groups is 7. The fourth-order valence-corrected chi connectivity index (χ4v) is 7.40. The second-order valence-electron chi connectivity index (χ2n) is 14.7. The van der Waals surface area contributed by atoms with Crippen LogP contribution in [0.1, 0.15) is 30.1 Å². The van der Waals surface area contributed by atoms with E-state index in [0.717, 1.165) is 0 Å². The molecule has 56 heavy (non-hydrogen) atoms. The zero-order valence-electron chi connectivity index (χ0n) is 30.6. The van der Waals surface area contributed by atoms with Gasteiger partial charge in [0.1, 0.15) is 77.1 Å². The summed E-state index contributed by atoms with van der Waals surface area (Å²) in [5.41, 5.74) is 15.5. The van der Waals surface area contributed by atoms with Crippen LogP contribution in [0.15, 0.2) is 45.3 Å². The lowest BCUT2D eigenvalue weighted by Gasteiger charge is -2.48. The Balaban J connectivity index is 1.22. The van der Waals surface area contributed by atoms with Gasteiger partial charge < -0.3 is 96.4 Å². The van der Waals surface area contributed by atoms with Crippen LogP contribution < -0.4 is 38.2 Å². The number of carbonyl (C=O) groups excluding carboxylic acids is 1. The lowest BCUT2D eigenvalue weighted by molar-refractivity contribution is -0.303. The first-order valence-corrected chi connectivity index (χ1v) is 18.2. The predicted molar refractivity (Wildman–Crippen MR) is 190 cm³/mol. The summed E-state index contributed by atoms with van der Waals surface area (Å²) in [5, 5.41) is 79.4. The van der Waals surface area contributed by atoms with Gasteiger partial charge in [-0.05, 0) is 51.1 Å². The van der Waals surface area contributed by atoms with Crippen molar-refractivity contribution in [1.29, 1.82) is 0 Å². The van der Waals surface area contributed by atoms with Crippen molar-refractivity contribution in [2.45, 2.75) is 117 Å². The molecule has 3 aliphatic heterocycles. The molecular weight excluding hydrogens is 746 g/mol. The van der Waals surface area contributed by atoms with E-state index in [0.29, 0.717) is 12.2 Å². The predicted octanol–water partition coefficient (Wildman–Crippen LogP) is -5.10. The average molecular weight is 798 g/mol. The van der Waals surface area contributed by atoms with Gasteiger partial charge in [0.2, 0.25) is 12.6 Å². The summed E-state index contributed by atoms with van der Waals surface area (Å²) in [7, 11) is 1.53. The van der Waals surface area contributed by atoms with Crippen LogP contribution in [0.2, 0.25) is 0 Å². The van der Waals surface area contributed by atoms with Crippen molar-refractivity contribution in [3.05, 3.63) is 52.1 Å². The van der Waals surface area contributed by atoms with Gasteiger partial charge in [-0.1, -0.05) is 0 Å². The number of nitrogens with one attached hydrogen (secondary N) is 2. The molecule has 4 aliphatic rings. The molecule has 6 rings (SSSR count). The fourth-order valence-electron chi connectivity index (χ4n) is 7.40. The van der Waals surface area contributed by atoms with Crippen LogP contribution in [0.3, 0.4) is 0 Å². The van der Waals surface area contributed by atoms with Crippen molar-refractivity contribution >= 4 is 16.9 Å². The van der Waals surface area contributed by atoms with Crippen LogP contribution in [0, 0.1) is 0 Å². The first-order chi connectivity index (χ1) is 26.6. The number of nitrogens with two attached hydrogens (primary N) is 3. The van der Waals surface area contributed by atoms with Gasteiger partial charge in [0.25, 0.3) is 5.91 Å². The number of carbonyl (C=O) groups is 1. The molecular formula is C35H51N5O16. The highest BCUT2D eigenvalue weighted by Gasteiger charge is 2.52. The number of likely N-dealkylation sites (N-methyl/N-ethyl adjacent to an activating group) is 1. The van der Waals surface area contributed by atoms with E-state index in [1.807, 2.05) is 0 Å². The Kier molecular flexibility index (Phi) is 13.0. The second-order valence-corrected chi connectivity index (χ2v) is 14.7. The molecule has 21 nitrogen and oxygen atoms in total. The molecule has 2 aromatic rings. The lowest BCUT2D eigenvalue weighted by Crippen LogP contribution is -2.69. The quantitative estimate of drug-likeness (QED) is 0.0946. The van der Waals surface area contributed by atoms with Crippen molar-refractivity contribution in [2.24, 2.45) is 17.2 Å². The minimum atomic E-state index is -1.69. The summed E-state index contributed by atoms with van der Waals surface area (Å²) < 4.78 is 40.2. The minimum Gasteiger partial charge on any atom is -0.467 e. The van der Waals surface area contributed by atoms with Gasteiger partial charge >= 0.3 is 5.63 Å². The number of benzene rings is 1. The van der Waals surface area contributed by atoms with E-state index in [1.54, 1.807) is 6.08 Å². The Bertz CT molecular complexity index is 1780. The molecule has 1 aliphatic carbocycles. The highest BCUT2D eigenvalue weighted by Crippen LogP contribution is 2.33. The summed E-state index contributed by atoms with van der Waals surface area (Å²) in [6, 6.07) is 1.79. The number of fused-ring (bicyclic) bond motifs is 1. The molecule has 1 aromatic heterocycles. The number of rotatable bonds is 11. The number of hydrogen-bond donors (Lipinski definition) is 12. The Morgan fingerprint density at radius 3 is 2.39 bits per heavy atom. The molecule has 4 heterocycles. The van der Waals surface area contributed by atoms with Crippen molar-refractivity contribution in [1.82, 2.24) is 10.6 Å². The minimum absolute atomic E-state index is 0.0214. The maximum Gasteiger partial charge on any atom is 0.349 e. The Morgan fingerprint density at radius 2 is 1.70 bits per heavy atom. The molecule has 1 aromatic carbocycles. The zero-order chi connectivity index (χ0) is 40.6. The van der Waals surface area contributed by atoms with Crippen LogP contribution >= 0.6 is 0 Å². The summed E-state index contributed by atoms with van der Waals surface area (Å²) in [5.74, 6) is -0.464. The third-order valence-electron chi connectivity index (χ3n) is 10.5. The number of aliphatic hydroxyl groups excluding tert-OH is 6. The number of amides is 1. The molecule has 0 radical (unpaired) electrons. The van der Waals surface area contributed by atoms with Crippen LogP contribution in [0.5, 0.6) is 5.75 Å². The SMILES string of the molecule is CN[C@@H]1[C@@H](O)[C@@H](O[C@@H]2[C@@H](O)[C@H](O[C@H]3OC(CN)=CC[C@H]3N)[C@@H](N)C[C@H]2NC(=O)c2cc3ccc(O[C@@H]4O[C@H](CO)[C@H](O)[C@H](O)[C@H]4O)cc3oc2=O)OC[C@]1(C)O. The summed E-state index contributed by atoms with van der Waals surface area (Å²) in [4.78, 5) is 27.0. The smallest absolute Gasteiger partial charge is 0.349 e. The van der Waals surface area contributed by atoms with E-state index >= 15 is 0 Å². The van der Waals surface area contributed by atoms with Crippen molar-refractivity contribution in [3.63, 3.8) is 0 Å². The van der Waals surface area contributed by atoms with E-state index < -0.39 is 121 Å². The second kappa shape index (κ2) is 17.2. The Morgan fingerprint density at radius 1 is 0.964 bits per heavy atom.